The van der Waals surface area contributed by atoms with Gasteiger partial charge < -0.3 is 14.2 Å². The van der Waals surface area contributed by atoms with E-state index in [0.717, 1.165) is 11.6 Å². The quantitative estimate of drug-likeness (QED) is 0.485. The molecule has 0 atom stereocenters. The van der Waals surface area contributed by atoms with Crippen LogP contribution < -0.4 is 4.74 Å². The van der Waals surface area contributed by atoms with E-state index in [-0.39, 0.29) is 11.2 Å². The molecule has 5 nitrogen and oxygen atoms in total. The lowest BCUT2D eigenvalue weighted by Gasteiger charge is -2.22. The van der Waals surface area contributed by atoms with Crippen molar-refractivity contribution in [3.05, 3.63) is 41.7 Å². The predicted molar refractivity (Wildman–Crippen MR) is 77.9 cm³/mol. The molecular weight excluding hydrogens is 272 g/mol. The Hall–Kier alpha value is -2.30. The Kier molecular flexibility index (Phi) is 5.52. The highest BCUT2D eigenvalue weighted by Gasteiger charge is 2.22. The third kappa shape index (κ3) is 4.63. The summed E-state index contributed by atoms with van der Waals surface area (Å²) in [5.41, 5.74) is 0.730. The van der Waals surface area contributed by atoms with Crippen LogP contribution in [0.2, 0.25) is 0 Å². The number of rotatable bonds is 4. The monoisotopic (exact) mass is 292 g/mol. The van der Waals surface area contributed by atoms with Crippen molar-refractivity contribution in [2.45, 2.75) is 26.2 Å². The lowest BCUT2D eigenvalue weighted by atomic mass is 9.86. The van der Waals surface area contributed by atoms with E-state index in [9.17, 15) is 9.59 Å². The summed E-state index contributed by atoms with van der Waals surface area (Å²) in [6.07, 6.45) is 0.964. The van der Waals surface area contributed by atoms with Gasteiger partial charge in [-0.3, -0.25) is 0 Å². The van der Waals surface area contributed by atoms with Gasteiger partial charge in [0.15, 0.2) is 0 Å². The number of ether oxygens (including phenoxy) is 3. The number of para-hydroxylation sites is 1. The minimum absolute atomic E-state index is 0.177. The lowest BCUT2D eigenvalue weighted by Crippen LogP contribution is -2.17. The van der Waals surface area contributed by atoms with Gasteiger partial charge in [0.25, 0.3) is 0 Å². The van der Waals surface area contributed by atoms with Crippen LogP contribution in [0.3, 0.4) is 0 Å². The Labute approximate surface area is 124 Å². The molecule has 0 bridgehead atoms. The zero-order valence-corrected chi connectivity index (χ0v) is 12.9. The largest absolute Gasteiger partial charge is 0.466 e. The Balaban J connectivity index is 3.19. The van der Waals surface area contributed by atoms with E-state index in [1.807, 2.05) is 32.9 Å². The van der Waals surface area contributed by atoms with Crippen LogP contribution in [-0.2, 0) is 24.5 Å². The van der Waals surface area contributed by atoms with Crippen molar-refractivity contribution in [2.24, 2.45) is 0 Å². The minimum Gasteiger partial charge on any atom is -0.466 e. The number of benzene rings is 1. The molecule has 0 aromatic heterocycles. The van der Waals surface area contributed by atoms with E-state index in [2.05, 4.69) is 9.47 Å². The molecule has 0 heterocycles. The second kappa shape index (κ2) is 6.92. The van der Waals surface area contributed by atoms with E-state index in [1.54, 1.807) is 12.1 Å². The van der Waals surface area contributed by atoms with Crippen molar-refractivity contribution in [1.82, 2.24) is 0 Å². The molecule has 0 radical (unpaired) electrons. The first kappa shape index (κ1) is 16.8. The van der Waals surface area contributed by atoms with Gasteiger partial charge in [-0.1, -0.05) is 39.0 Å². The molecule has 0 aliphatic rings. The minimum atomic E-state index is -0.746. The predicted octanol–water partition coefficient (Wildman–Crippen LogP) is 2.59. The summed E-state index contributed by atoms with van der Waals surface area (Å²) < 4.78 is 14.7. The topological polar surface area (TPSA) is 61.8 Å². The summed E-state index contributed by atoms with van der Waals surface area (Å²) in [4.78, 5) is 23.0. The average Bonchev–Trinajstić information content (AvgIpc) is 2.44. The van der Waals surface area contributed by atoms with E-state index >= 15 is 0 Å². The number of carbonyl (C=O) groups excluding carboxylic acids is 2. The first-order chi connectivity index (χ1) is 9.79. The smallest absolute Gasteiger partial charge is 0.374 e. The zero-order valence-electron chi connectivity index (χ0n) is 12.9. The van der Waals surface area contributed by atoms with Gasteiger partial charge >= 0.3 is 11.9 Å². The number of carbonyl (C=O) groups is 2. The summed E-state index contributed by atoms with van der Waals surface area (Å²) in [6, 6.07) is 7.31. The maximum atomic E-state index is 11.7. The molecule has 0 spiro atoms. The molecule has 0 fully saturated rings. The zero-order chi connectivity index (χ0) is 16.0. The number of methoxy groups -OCH3 is 2. The molecule has 0 N–H and O–H groups in total. The van der Waals surface area contributed by atoms with Crippen molar-refractivity contribution >= 4 is 11.9 Å². The second-order valence-corrected chi connectivity index (χ2v) is 5.37. The van der Waals surface area contributed by atoms with Gasteiger partial charge in [-0.05, 0) is 11.5 Å². The molecule has 0 saturated carbocycles. The van der Waals surface area contributed by atoms with Crippen molar-refractivity contribution in [1.29, 1.82) is 0 Å². The summed E-state index contributed by atoms with van der Waals surface area (Å²) in [6.45, 7) is 6.07. The standard InChI is InChI=1S/C16H20O5/c1-16(2,3)11-8-6-7-9-12(11)21-13(15(18)20-5)10-14(17)19-4/h6-10H,1-5H3. The average molecular weight is 292 g/mol. The van der Waals surface area contributed by atoms with Crippen molar-refractivity contribution < 1.29 is 23.8 Å². The Morgan fingerprint density at radius 1 is 1.05 bits per heavy atom. The summed E-state index contributed by atoms with van der Waals surface area (Å²) in [7, 11) is 2.43. The normalized spacial score (nSPS) is 11.8. The van der Waals surface area contributed by atoms with Crippen LogP contribution in [-0.4, -0.2) is 26.2 Å². The van der Waals surface area contributed by atoms with E-state index in [1.165, 1.54) is 14.2 Å². The maximum Gasteiger partial charge on any atom is 0.374 e. The van der Waals surface area contributed by atoms with Crippen molar-refractivity contribution in [3.63, 3.8) is 0 Å². The molecule has 0 amide bonds. The van der Waals surface area contributed by atoms with E-state index < -0.39 is 11.9 Å². The SMILES string of the molecule is COC(=O)C=C(Oc1ccccc1C(C)(C)C)C(=O)OC. The van der Waals surface area contributed by atoms with Crippen LogP contribution in [0, 0.1) is 0 Å². The fraction of sp³-hybridized carbons (Fsp3) is 0.375. The molecular formula is C16H20O5. The lowest BCUT2D eigenvalue weighted by molar-refractivity contribution is -0.140. The summed E-state index contributed by atoms with van der Waals surface area (Å²) >= 11 is 0. The number of hydrogen-bond acceptors (Lipinski definition) is 5. The Morgan fingerprint density at radius 3 is 2.19 bits per heavy atom. The molecule has 114 valence electrons. The van der Waals surface area contributed by atoms with E-state index in [0.29, 0.717) is 5.75 Å². The van der Waals surface area contributed by atoms with Gasteiger partial charge in [0.1, 0.15) is 5.75 Å². The van der Waals surface area contributed by atoms with Crippen LogP contribution in [0.4, 0.5) is 0 Å². The van der Waals surface area contributed by atoms with Crippen LogP contribution in [0.5, 0.6) is 5.75 Å². The maximum absolute atomic E-state index is 11.7. The van der Waals surface area contributed by atoms with Crippen LogP contribution in [0.15, 0.2) is 36.1 Å². The van der Waals surface area contributed by atoms with Gasteiger partial charge in [-0.25, -0.2) is 9.59 Å². The van der Waals surface area contributed by atoms with Gasteiger partial charge in [0.2, 0.25) is 5.76 Å². The van der Waals surface area contributed by atoms with Gasteiger partial charge in [-0.2, -0.15) is 0 Å². The molecule has 1 rings (SSSR count). The third-order valence-corrected chi connectivity index (χ3v) is 2.75. The summed E-state index contributed by atoms with van der Waals surface area (Å²) in [5, 5.41) is 0. The fourth-order valence-corrected chi connectivity index (χ4v) is 1.69. The molecule has 1 aromatic carbocycles. The molecule has 1 aromatic rings. The van der Waals surface area contributed by atoms with Crippen LogP contribution in [0.25, 0.3) is 0 Å². The first-order valence-corrected chi connectivity index (χ1v) is 6.45. The molecule has 21 heavy (non-hydrogen) atoms. The third-order valence-electron chi connectivity index (χ3n) is 2.75. The summed E-state index contributed by atoms with van der Waals surface area (Å²) in [5.74, 6) is -1.17. The molecule has 0 unspecified atom stereocenters. The fourth-order valence-electron chi connectivity index (χ4n) is 1.69. The van der Waals surface area contributed by atoms with Crippen molar-refractivity contribution in [3.8, 4) is 5.75 Å². The highest BCUT2D eigenvalue weighted by Crippen LogP contribution is 2.32. The van der Waals surface area contributed by atoms with E-state index in [4.69, 9.17) is 4.74 Å². The molecule has 0 aliphatic heterocycles. The molecule has 5 heteroatoms. The van der Waals surface area contributed by atoms with Crippen LogP contribution >= 0.6 is 0 Å². The van der Waals surface area contributed by atoms with Gasteiger partial charge in [0.05, 0.1) is 20.3 Å². The second-order valence-electron chi connectivity index (χ2n) is 5.37. The van der Waals surface area contributed by atoms with Crippen molar-refractivity contribution in [2.75, 3.05) is 14.2 Å². The molecule has 0 aliphatic carbocycles. The number of hydrogen-bond donors (Lipinski definition) is 0. The highest BCUT2D eigenvalue weighted by atomic mass is 16.6. The Morgan fingerprint density at radius 2 is 1.67 bits per heavy atom. The number of esters is 2. The highest BCUT2D eigenvalue weighted by molar-refractivity contribution is 5.95. The van der Waals surface area contributed by atoms with Gasteiger partial charge in [0, 0.05) is 5.56 Å². The van der Waals surface area contributed by atoms with Gasteiger partial charge in [-0.15, -0.1) is 0 Å². The van der Waals surface area contributed by atoms with Crippen LogP contribution in [0.1, 0.15) is 26.3 Å². The first-order valence-electron chi connectivity index (χ1n) is 6.45. The molecule has 0 saturated heterocycles. The Bertz CT molecular complexity index is 552.